The number of alkyl halides is 3. The molecule has 1 N–H and O–H groups in total. The smallest absolute Gasteiger partial charge is 0.373 e. The number of anilines is 1. The second-order valence-corrected chi connectivity index (χ2v) is 6.10. The third-order valence-corrected chi connectivity index (χ3v) is 3.76. The molecule has 0 aromatic heterocycles. The lowest BCUT2D eigenvalue weighted by Gasteiger charge is -2.34. The molecule has 4 nitrogen and oxygen atoms in total. The Labute approximate surface area is 137 Å². The van der Waals surface area contributed by atoms with Gasteiger partial charge in [-0.05, 0) is 32.0 Å². The SMILES string of the molecule is C[C@H]1CN(CC(=O)Nc2cc(C(F)(F)F)ccc2Cl)C[C@H](C)O1. The molecule has 0 radical (unpaired) electrons. The van der Waals surface area contributed by atoms with E-state index in [1.807, 2.05) is 18.7 Å². The van der Waals surface area contributed by atoms with Gasteiger partial charge in [-0.15, -0.1) is 0 Å². The summed E-state index contributed by atoms with van der Waals surface area (Å²) in [5.41, 5.74) is -0.897. The van der Waals surface area contributed by atoms with Gasteiger partial charge >= 0.3 is 6.18 Å². The maximum atomic E-state index is 12.7. The molecule has 1 fully saturated rings. The highest BCUT2D eigenvalue weighted by molar-refractivity contribution is 6.33. The summed E-state index contributed by atoms with van der Waals surface area (Å²) in [7, 11) is 0. The fourth-order valence-corrected chi connectivity index (χ4v) is 2.77. The Morgan fingerprint density at radius 3 is 2.52 bits per heavy atom. The molecular weight excluding hydrogens is 333 g/mol. The van der Waals surface area contributed by atoms with Gasteiger partial charge < -0.3 is 10.1 Å². The van der Waals surface area contributed by atoms with E-state index in [1.165, 1.54) is 0 Å². The molecule has 8 heteroatoms. The maximum Gasteiger partial charge on any atom is 0.416 e. The van der Waals surface area contributed by atoms with Gasteiger partial charge in [-0.2, -0.15) is 13.2 Å². The van der Waals surface area contributed by atoms with Crippen LogP contribution in [0.25, 0.3) is 0 Å². The van der Waals surface area contributed by atoms with Crippen molar-refractivity contribution in [3.8, 4) is 0 Å². The van der Waals surface area contributed by atoms with Crippen molar-refractivity contribution in [1.29, 1.82) is 0 Å². The van der Waals surface area contributed by atoms with E-state index in [4.69, 9.17) is 16.3 Å². The molecule has 0 bridgehead atoms. The number of carbonyl (C=O) groups is 1. The Morgan fingerprint density at radius 1 is 1.35 bits per heavy atom. The summed E-state index contributed by atoms with van der Waals surface area (Å²) >= 11 is 5.86. The van der Waals surface area contributed by atoms with E-state index in [0.717, 1.165) is 18.2 Å². The van der Waals surface area contributed by atoms with Gasteiger partial charge in [-0.3, -0.25) is 9.69 Å². The van der Waals surface area contributed by atoms with Crippen LogP contribution in [0.2, 0.25) is 5.02 Å². The first-order valence-electron chi connectivity index (χ1n) is 7.19. The molecule has 0 saturated carbocycles. The summed E-state index contributed by atoms with van der Waals surface area (Å²) in [5, 5.41) is 2.51. The molecule has 2 rings (SSSR count). The largest absolute Gasteiger partial charge is 0.416 e. The van der Waals surface area contributed by atoms with Gasteiger partial charge in [0, 0.05) is 13.1 Å². The Morgan fingerprint density at radius 2 is 1.96 bits per heavy atom. The first-order valence-corrected chi connectivity index (χ1v) is 7.57. The predicted molar refractivity (Wildman–Crippen MR) is 81.5 cm³/mol. The molecule has 128 valence electrons. The lowest BCUT2D eigenvalue weighted by Crippen LogP contribution is -2.48. The van der Waals surface area contributed by atoms with Crippen LogP contribution in [0.5, 0.6) is 0 Å². The zero-order chi connectivity index (χ0) is 17.2. The molecule has 1 saturated heterocycles. The molecule has 1 aliphatic rings. The Hall–Kier alpha value is -1.31. The van der Waals surface area contributed by atoms with Crippen molar-refractivity contribution < 1.29 is 22.7 Å². The highest BCUT2D eigenvalue weighted by Gasteiger charge is 2.31. The standard InChI is InChI=1S/C15H18ClF3N2O2/c1-9-6-21(7-10(2)23-9)8-14(22)20-13-5-11(15(17,18)19)3-4-12(13)16/h3-5,9-10H,6-8H2,1-2H3,(H,20,22)/t9-,10-/m0/s1. The number of amides is 1. The average Bonchev–Trinajstić information content (AvgIpc) is 2.38. The number of carbonyl (C=O) groups excluding carboxylic acids is 1. The van der Waals surface area contributed by atoms with E-state index in [1.54, 1.807) is 0 Å². The van der Waals surface area contributed by atoms with E-state index in [2.05, 4.69) is 5.32 Å². The molecule has 1 aromatic carbocycles. The number of ether oxygens (including phenoxy) is 1. The zero-order valence-electron chi connectivity index (χ0n) is 12.8. The van der Waals surface area contributed by atoms with Crippen LogP contribution in [0, 0.1) is 0 Å². The highest BCUT2D eigenvalue weighted by Crippen LogP contribution is 2.33. The summed E-state index contributed by atoms with van der Waals surface area (Å²) in [6, 6.07) is 2.84. The van der Waals surface area contributed by atoms with Gasteiger partial charge in [0.05, 0.1) is 35.0 Å². The molecule has 1 amide bonds. The van der Waals surface area contributed by atoms with Crippen LogP contribution in [0.3, 0.4) is 0 Å². The summed E-state index contributed by atoms with van der Waals surface area (Å²) in [6.45, 7) is 5.07. The highest BCUT2D eigenvalue weighted by atomic mass is 35.5. The third-order valence-electron chi connectivity index (χ3n) is 3.43. The number of hydrogen-bond donors (Lipinski definition) is 1. The van der Waals surface area contributed by atoms with Crippen LogP contribution in [-0.4, -0.2) is 42.6 Å². The first-order chi connectivity index (χ1) is 10.6. The molecular formula is C15H18ClF3N2O2. The molecule has 23 heavy (non-hydrogen) atoms. The molecule has 0 spiro atoms. The van der Waals surface area contributed by atoms with Crippen LogP contribution >= 0.6 is 11.6 Å². The maximum absolute atomic E-state index is 12.7. The topological polar surface area (TPSA) is 41.6 Å². The second-order valence-electron chi connectivity index (χ2n) is 5.69. The van der Waals surface area contributed by atoms with Gasteiger partial charge in [-0.25, -0.2) is 0 Å². The number of hydrogen-bond acceptors (Lipinski definition) is 3. The molecule has 0 unspecified atom stereocenters. The van der Waals surface area contributed by atoms with Crippen LogP contribution < -0.4 is 5.32 Å². The minimum atomic E-state index is -4.49. The van der Waals surface area contributed by atoms with E-state index < -0.39 is 17.6 Å². The first kappa shape index (κ1) is 18.0. The van der Waals surface area contributed by atoms with Gasteiger partial charge in [-0.1, -0.05) is 11.6 Å². The molecule has 2 atom stereocenters. The summed E-state index contributed by atoms with van der Waals surface area (Å²) in [5.74, 6) is -0.410. The normalized spacial score (nSPS) is 22.9. The van der Waals surface area contributed by atoms with E-state index in [-0.39, 0.29) is 29.5 Å². The molecule has 1 heterocycles. The number of morpholine rings is 1. The van der Waals surface area contributed by atoms with Crippen LogP contribution in [0.15, 0.2) is 18.2 Å². The van der Waals surface area contributed by atoms with Crippen molar-refractivity contribution in [3.05, 3.63) is 28.8 Å². The minimum absolute atomic E-state index is 0.00342. The zero-order valence-corrected chi connectivity index (χ0v) is 13.5. The molecule has 1 aromatic rings. The predicted octanol–water partition coefficient (Wildman–Crippen LogP) is 3.41. The Kier molecular flexibility index (Phi) is 5.54. The second kappa shape index (κ2) is 7.07. The quantitative estimate of drug-likeness (QED) is 0.908. The Bertz CT molecular complexity index is 570. The van der Waals surface area contributed by atoms with E-state index in [0.29, 0.717) is 13.1 Å². The molecule has 0 aliphatic carbocycles. The van der Waals surface area contributed by atoms with Gasteiger partial charge in [0.2, 0.25) is 5.91 Å². The van der Waals surface area contributed by atoms with Crippen molar-refractivity contribution in [1.82, 2.24) is 4.90 Å². The number of nitrogens with one attached hydrogen (secondary N) is 1. The van der Waals surface area contributed by atoms with Crippen molar-refractivity contribution in [2.45, 2.75) is 32.2 Å². The van der Waals surface area contributed by atoms with Crippen LogP contribution in [0.1, 0.15) is 19.4 Å². The number of nitrogens with zero attached hydrogens (tertiary/aromatic N) is 1. The number of rotatable bonds is 3. The average molecular weight is 351 g/mol. The fraction of sp³-hybridized carbons (Fsp3) is 0.533. The van der Waals surface area contributed by atoms with E-state index in [9.17, 15) is 18.0 Å². The molecule has 1 aliphatic heterocycles. The number of halogens is 4. The van der Waals surface area contributed by atoms with Crippen molar-refractivity contribution in [2.24, 2.45) is 0 Å². The van der Waals surface area contributed by atoms with Crippen molar-refractivity contribution in [3.63, 3.8) is 0 Å². The lowest BCUT2D eigenvalue weighted by atomic mass is 10.2. The summed E-state index contributed by atoms with van der Waals surface area (Å²) < 4.78 is 43.7. The van der Waals surface area contributed by atoms with Crippen molar-refractivity contribution in [2.75, 3.05) is 25.0 Å². The lowest BCUT2D eigenvalue weighted by molar-refractivity contribution is -0.137. The van der Waals surface area contributed by atoms with Gasteiger partial charge in [0.15, 0.2) is 0 Å². The monoisotopic (exact) mass is 350 g/mol. The van der Waals surface area contributed by atoms with Crippen LogP contribution in [-0.2, 0) is 15.7 Å². The summed E-state index contributed by atoms with van der Waals surface area (Å²) in [4.78, 5) is 14.0. The summed E-state index contributed by atoms with van der Waals surface area (Å²) in [6.07, 6.45) is -4.48. The minimum Gasteiger partial charge on any atom is -0.373 e. The fourth-order valence-electron chi connectivity index (χ4n) is 2.60. The third kappa shape index (κ3) is 5.09. The van der Waals surface area contributed by atoms with Crippen LogP contribution in [0.4, 0.5) is 18.9 Å². The van der Waals surface area contributed by atoms with E-state index >= 15 is 0 Å². The Balaban J connectivity index is 2.02. The number of benzene rings is 1. The van der Waals surface area contributed by atoms with Crippen molar-refractivity contribution >= 4 is 23.2 Å². The van der Waals surface area contributed by atoms with Gasteiger partial charge in [0.25, 0.3) is 0 Å². The van der Waals surface area contributed by atoms with Gasteiger partial charge in [0.1, 0.15) is 0 Å².